The Labute approximate surface area is 151 Å². The number of amides is 2. The number of aryl methyl sites for hydroxylation is 1. The van der Waals surface area contributed by atoms with E-state index in [1.54, 1.807) is 24.3 Å². The number of rotatable bonds is 5. The zero-order valence-corrected chi connectivity index (χ0v) is 15.0. The van der Waals surface area contributed by atoms with Gasteiger partial charge >= 0.3 is 0 Å². The SMILES string of the molecule is CC(=O)N(CC(=O)Nc1ccc(C)c(Cl)c1)Cc1ccc(Cl)cc1. The molecule has 2 aromatic carbocycles. The molecular weight excluding hydrogens is 347 g/mol. The van der Waals surface area contributed by atoms with Crippen LogP contribution in [0.4, 0.5) is 5.69 Å². The van der Waals surface area contributed by atoms with Gasteiger partial charge in [0.25, 0.3) is 0 Å². The van der Waals surface area contributed by atoms with Crippen molar-refractivity contribution in [2.24, 2.45) is 0 Å². The van der Waals surface area contributed by atoms with Crippen LogP contribution in [-0.2, 0) is 16.1 Å². The lowest BCUT2D eigenvalue weighted by Crippen LogP contribution is -2.36. The van der Waals surface area contributed by atoms with E-state index in [-0.39, 0.29) is 18.4 Å². The normalized spacial score (nSPS) is 10.3. The predicted octanol–water partition coefficient (Wildman–Crippen LogP) is 4.29. The third kappa shape index (κ3) is 5.25. The van der Waals surface area contributed by atoms with Gasteiger partial charge in [0.05, 0.1) is 0 Å². The third-order valence-corrected chi connectivity index (χ3v) is 4.18. The van der Waals surface area contributed by atoms with Crippen LogP contribution in [0.5, 0.6) is 0 Å². The van der Waals surface area contributed by atoms with Crippen LogP contribution in [0.15, 0.2) is 42.5 Å². The second kappa shape index (κ2) is 8.18. The van der Waals surface area contributed by atoms with Crippen LogP contribution in [0.25, 0.3) is 0 Å². The topological polar surface area (TPSA) is 49.4 Å². The van der Waals surface area contributed by atoms with E-state index in [4.69, 9.17) is 23.2 Å². The average Bonchev–Trinajstić information content (AvgIpc) is 2.52. The zero-order chi connectivity index (χ0) is 17.7. The largest absolute Gasteiger partial charge is 0.329 e. The molecule has 0 atom stereocenters. The molecule has 0 heterocycles. The Morgan fingerprint density at radius 3 is 2.33 bits per heavy atom. The molecule has 2 amide bonds. The molecule has 0 unspecified atom stereocenters. The highest BCUT2D eigenvalue weighted by atomic mass is 35.5. The monoisotopic (exact) mass is 364 g/mol. The molecule has 0 aliphatic rings. The van der Waals surface area contributed by atoms with E-state index in [0.717, 1.165) is 11.1 Å². The molecule has 24 heavy (non-hydrogen) atoms. The van der Waals surface area contributed by atoms with Crippen LogP contribution in [0.1, 0.15) is 18.1 Å². The second-order valence-electron chi connectivity index (χ2n) is 5.51. The van der Waals surface area contributed by atoms with Gasteiger partial charge < -0.3 is 10.2 Å². The van der Waals surface area contributed by atoms with Crippen molar-refractivity contribution in [1.82, 2.24) is 4.90 Å². The van der Waals surface area contributed by atoms with Crippen molar-refractivity contribution in [2.75, 3.05) is 11.9 Å². The van der Waals surface area contributed by atoms with Crippen molar-refractivity contribution in [3.63, 3.8) is 0 Å². The Kier molecular flexibility index (Phi) is 6.23. The molecule has 0 spiro atoms. The molecular formula is C18H18Cl2N2O2. The van der Waals surface area contributed by atoms with Gasteiger partial charge in [-0.15, -0.1) is 0 Å². The van der Waals surface area contributed by atoms with Gasteiger partial charge in [-0.1, -0.05) is 41.4 Å². The van der Waals surface area contributed by atoms with Crippen LogP contribution < -0.4 is 5.32 Å². The number of carbonyl (C=O) groups is 2. The lowest BCUT2D eigenvalue weighted by molar-refractivity contribution is -0.133. The molecule has 126 valence electrons. The third-order valence-electron chi connectivity index (χ3n) is 3.52. The highest BCUT2D eigenvalue weighted by molar-refractivity contribution is 6.31. The minimum absolute atomic E-state index is 0.0382. The summed E-state index contributed by atoms with van der Waals surface area (Å²) in [6, 6.07) is 12.5. The van der Waals surface area contributed by atoms with E-state index in [0.29, 0.717) is 22.3 Å². The van der Waals surface area contributed by atoms with Gasteiger partial charge in [-0.3, -0.25) is 9.59 Å². The maximum absolute atomic E-state index is 12.2. The van der Waals surface area contributed by atoms with Gasteiger partial charge in [-0.25, -0.2) is 0 Å². The number of anilines is 1. The summed E-state index contributed by atoms with van der Waals surface area (Å²) in [5, 5.41) is 3.96. The number of nitrogens with one attached hydrogen (secondary N) is 1. The molecule has 0 aliphatic carbocycles. The standard InChI is InChI=1S/C18H18Cl2N2O2/c1-12-3-8-16(9-17(12)20)21-18(24)11-22(13(2)23)10-14-4-6-15(19)7-5-14/h3-9H,10-11H2,1-2H3,(H,21,24). The molecule has 0 aromatic heterocycles. The number of nitrogens with zero attached hydrogens (tertiary/aromatic N) is 1. The maximum atomic E-state index is 12.2. The lowest BCUT2D eigenvalue weighted by atomic mass is 10.2. The fraction of sp³-hybridized carbons (Fsp3) is 0.222. The molecule has 1 N–H and O–H groups in total. The van der Waals surface area contributed by atoms with Gasteiger partial charge in [0.15, 0.2) is 0 Å². The van der Waals surface area contributed by atoms with Crippen LogP contribution in [0.3, 0.4) is 0 Å². The quantitative estimate of drug-likeness (QED) is 0.859. The van der Waals surface area contributed by atoms with Crippen LogP contribution in [0.2, 0.25) is 10.0 Å². The van der Waals surface area contributed by atoms with Gasteiger partial charge in [-0.2, -0.15) is 0 Å². The zero-order valence-electron chi connectivity index (χ0n) is 13.5. The van der Waals surface area contributed by atoms with Gasteiger partial charge in [0.1, 0.15) is 6.54 Å². The Bertz CT molecular complexity index is 745. The molecule has 0 aliphatic heterocycles. The van der Waals surface area contributed by atoms with E-state index in [2.05, 4.69) is 5.32 Å². The minimum Gasteiger partial charge on any atom is -0.329 e. The highest BCUT2D eigenvalue weighted by Crippen LogP contribution is 2.20. The summed E-state index contributed by atoms with van der Waals surface area (Å²) in [7, 11) is 0. The molecule has 4 nitrogen and oxygen atoms in total. The molecule has 0 saturated carbocycles. The smallest absolute Gasteiger partial charge is 0.244 e. The number of halogens is 2. The molecule has 0 fully saturated rings. The lowest BCUT2D eigenvalue weighted by Gasteiger charge is -2.20. The summed E-state index contributed by atoms with van der Waals surface area (Å²) in [5.74, 6) is -0.457. The van der Waals surface area contributed by atoms with Crippen molar-refractivity contribution in [3.8, 4) is 0 Å². The Morgan fingerprint density at radius 1 is 1.08 bits per heavy atom. The van der Waals surface area contributed by atoms with Gasteiger partial charge in [0, 0.05) is 29.2 Å². The summed E-state index contributed by atoms with van der Waals surface area (Å²) < 4.78 is 0. The fourth-order valence-corrected chi connectivity index (χ4v) is 2.44. The Hall–Kier alpha value is -2.04. The van der Waals surface area contributed by atoms with E-state index in [1.165, 1.54) is 11.8 Å². The summed E-state index contributed by atoms with van der Waals surface area (Å²) in [4.78, 5) is 25.5. The average molecular weight is 365 g/mol. The molecule has 6 heteroatoms. The first-order chi connectivity index (χ1) is 11.3. The van der Waals surface area contributed by atoms with Crippen LogP contribution in [-0.4, -0.2) is 23.3 Å². The number of hydrogen-bond acceptors (Lipinski definition) is 2. The van der Waals surface area contributed by atoms with E-state index < -0.39 is 0 Å². The summed E-state index contributed by atoms with van der Waals surface area (Å²) in [5.41, 5.74) is 2.44. The summed E-state index contributed by atoms with van der Waals surface area (Å²) in [6.07, 6.45) is 0. The van der Waals surface area contributed by atoms with Crippen molar-refractivity contribution in [3.05, 3.63) is 63.6 Å². The van der Waals surface area contributed by atoms with Crippen LogP contribution in [0, 0.1) is 6.92 Å². The first-order valence-electron chi connectivity index (χ1n) is 7.41. The predicted molar refractivity (Wildman–Crippen MR) is 97.4 cm³/mol. The first kappa shape index (κ1) is 18.3. The maximum Gasteiger partial charge on any atom is 0.244 e. The Morgan fingerprint density at radius 2 is 1.75 bits per heavy atom. The van der Waals surface area contributed by atoms with Gasteiger partial charge in [-0.05, 0) is 42.3 Å². The molecule has 2 rings (SSSR count). The van der Waals surface area contributed by atoms with Crippen molar-refractivity contribution in [1.29, 1.82) is 0 Å². The van der Waals surface area contributed by atoms with Crippen molar-refractivity contribution in [2.45, 2.75) is 20.4 Å². The minimum atomic E-state index is -0.279. The molecule has 2 aromatic rings. The fourth-order valence-electron chi connectivity index (χ4n) is 2.13. The second-order valence-corrected chi connectivity index (χ2v) is 6.36. The molecule has 0 radical (unpaired) electrons. The van der Waals surface area contributed by atoms with Gasteiger partial charge in [0.2, 0.25) is 11.8 Å². The summed E-state index contributed by atoms with van der Waals surface area (Å²) in [6.45, 7) is 3.63. The summed E-state index contributed by atoms with van der Waals surface area (Å²) >= 11 is 11.9. The number of hydrogen-bond donors (Lipinski definition) is 1. The van der Waals surface area contributed by atoms with Crippen molar-refractivity contribution < 1.29 is 9.59 Å². The van der Waals surface area contributed by atoms with E-state index in [1.807, 2.05) is 25.1 Å². The molecule has 0 bridgehead atoms. The van der Waals surface area contributed by atoms with Crippen molar-refractivity contribution >= 4 is 40.7 Å². The first-order valence-corrected chi connectivity index (χ1v) is 8.16. The molecule has 0 saturated heterocycles. The van der Waals surface area contributed by atoms with E-state index in [9.17, 15) is 9.59 Å². The number of carbonyl (C=O) groups excluding carboxylic acids is 2. The van der Waals surface area contributed by atoms with Crippen LogP contribution >= 0.6 is 23.2 Å². The highest BCUT2D eigenvalue weighted by Gasteiger charge is 2.14. The van der Waals surface area contributed by atoms with E-state index >= 15 is 0 Å². The number of benzene rings is 2. The Balaban J connectivity index is 2.01.